The van der Waals surface area contributed by atoms with E-state index in [1.165, 1.54) is 121 Å². The maximum atomic E-state index is 7.15. The summed E-state index contributed by atoms with van der Waals surface area (Å²) in [5.41, 5.74) is 25.4. The Kier molecular flexibility index (Phi) is 9.83. The summed E-state index contributed by atoms with van der Waals surface area (Å²) in [6.45, 7) is 4.36. The molecule has 6 aromatic heterocycles. The van der Waals surface area contributed by atoms with Crippen LogP contribution < -0.4 is 0 Å². The molecule has 6 heterocycles. The number of benzene rings is 13. The molecule has 0 fully saturated rings. The molecule has 0 spiro atoms. The van der Waals surface area contributed by atoms with Gasteiger partial charge in [-0.25, -0.2) is 0 Å². The van der Waals surface area contributed by atoms with Gasteiger partial charge in [0.25, 0.3) is 0 Å². The number of hydrogen-bond acceptors (Lipinski definition) is 2. The summed E-state index contributed by atoms with van der Waals surface area (Å²) in [5.74, 6) is -0.164. The molecule has 19 rings (SSSR count). The van der Waals surface area contributed by atoms with Crippen LogP contribution in [0.1, 0.15) is 56.3 Å². The maximum Gasteiger partial charge on any atom is 0.143 e. The summed E-state index contributed by atoms with van der Waals surface area (Å²) in [4.78, 5) is 0. The molecule has 0 saturated carbocycles. The van der Waals surface area contributed by atoms with Gasteiger partial charge in [0.05, 0.1) is 33.1 Å². The van der Waals surface area contributed by atoms with E-state index in [0.29, 0.717) is 0 Å². The number of nitrogens with zero attached hydrogens (tertiary/aromatic N) is 2. The van der Waals surface area contributed by atoms with E-state index in [-0.39, 0.29) is 11.8 Å². The highest BCUT2D eigenvalue weighted by Crippen LogP contribution is 2.49. The molecule has 0 aliphatic rings. The molecule has 0 aliphatic heterocycles. The smallest absolute Gasteiger partial charge is 0.143 e. The minimum absolute atomic E-state index is 0.0821. The van der Waals surface area contributed by atoms with Gasteiger partial charge in [-0.1, -0.05) is 231 Å². The average molecular weight is 1100 g/mol. The van der Waals surface area contributed by atoms with Crippen LogP contribution in [0, 0.1) is 13.8 Å². The van der Waals surface area contributed by atoms with Gasteiger partial charge in [-0.2, -0.15) is 0 Å². The quantitative estimate of drug-likeness (QED) is 0.142. The lowest BCUT2D eigenvalue weighted by molar-refractivity contribution is 0.662. The lowest BCUT2D eigenvalue weighted by atomic mass is 9.84. The molecule has 86 heavy (non-hydrogen) atoms. The van der Waals surface area contributed by atoms with Crippen molar-refractivity contribution < 1.29 is 8.83 Å². The Labute approximate surface area is 494 Å². The molecule has 402 valence electrons. The maximum absolute atomic E-state index is 7.15. The molecule has 2 unspecified atom stereocenters. The fourth-order valence-corrected chi connectivity index (χ4v) is 15.6. The summed E-state index contributed by atoms with van der Waals surface area (Å²) in [5, 5.41) is 14.6. The molecule has 4 nitrogen and oxygen atoms in total. The third kappa shape index (κ3) is 6.53. The van der Waals surface area contributed by atoms with Crippen molar-refractivity contribution in [3.63, 3.8) is 0 Å². The first-order chi connectivity index (χ1) is 42.5. The van der Waals surface area contributed by atoms with Crippen molar-refractivity contribution in [2.75, 3.05) is 0 Å². The number of furan rings is 2. The number of fused-ring (bicyclic) bond motifs is 18. The van der Waals surface area contributed by atoms with Gasteiger partial charge in [-0.3, -0.25) is 0 Å². The molecule has 13 aromatic carbocycles. The van der Waals surface area contributed by atoms with E-state index in [0.717, 1.165) is 66.1 Å². The molecule has 4 heteroatoms. The van der Waals surface area contributed by atoms with Gasteiger partial charge in [0, 0.05) is 98.7 Å². The lowest BCUT2D eigenvalue weighted by Gasteiger charge is -2.19. The Hall–Kier alpha value is -10.9. The van der Waals surface area contributed by atoms with Crippen LogP contribution in [0.3, 0.4) is 0 Å². The fourth-order valence-electron chi connectivity index (χ4n) is 15.6. The summed E-state index contributed by atoms with van der Waals surface area (Å²) in [6, 6.07) is 98.8. The van der Waals surface area contributed by atoms with Crippen LogP contribution in [0.15, 0.2) is 276 Å². The number of para-hydroxylation sites is 6. The Bertz CT molecular complexity index is 5620. The third-order valence-electron chi connectivity index (χ3n) is 19.3. The van der Waals surface area contributed by atoms with E-state index in [1.54, 1.807) is 0 Å². The van der Waals surface area contributed by atoms with Crippen molar-refractivity contribution >= 4 is 120 Å². The Morgan fingerprint density at radius 1 is 0.244 bits per heavy atom. The first kappa shape index (κ1) is 47.5. The van der Waals surface area contributed by atoms with E-state index >= 15 is 0 Å². The van der Waals surface area contributed by atoms with E-state index in [4.69, 9.17) is 8.83 Å². The molecule has 0 saturated heterocycles. The summed E-state index contributed by atoms with van der Waals surface area (Å²) >= 11 is 0. The molecule has 0 N–H and O–H groups in total. The van der Waals surface area contributed by atoms with E-state index in [1.807, 2.05) is 0 Å². The van der Waals surface area contributed by atoms with E-state index in [9.17, 15) is 0 Å². The van der Waals surface area contributed by atoms with Gasteiger partial charge >= 0.3 is 0 Å². The number of aromatic nitrogens is 2. The van der Waals surface area contributed by atoms with Gasteiger partial charge in [0.15, 0.2) is 0 Å². The monoisotopic (exact) mass is 1100 g/mol. The Morgan fingerprint density at radius 2 is 0.581 bits per heavy atom. The zero-order valence-electron chi connectivity index (χ0n) is 47.3. The molecule has 2 atom stereocenters. The van der Waals surface area contributed by atoms with E-state index in [2.05, 4.69) is 290 Å². The predicted molar refractivity (Wildman–Crippen MR) is 358 cm³/mol. The third-order valence-corrected chi connectivity index (χ3v) is 19.3. The Balaban J connectivity index is 0.774. The van der Waals surface area contributed by atoms with Crippen LogP contribution in [-0.4, -0.2) is 8.80 Å². The highest BCUT2D eigenvalue weighted by molar-refractivity contribution is 6.29. The molecule has 0 aliphatic carbocycles. The van der Waals surface area contributed by atoms with Crippen molar-refractivity contribution in [2.45, 2.75) is 25.7 Å². The van der Waals surface area contributed by atoms with Crippen molar-refractivity contribution in [3.8, 4) is 22.3 Å². The van der Waals surface area contributed by atoms with Gasteiger partial charge in [-0.15, -0.1) is 0 Å². The van der Waals surface area contributed by atoms with Gasteiger partial charge in [-0.05, 0) is 94.8 Å². The SMILES string of the molecule is Cc1ccccc1-c1cccc2c1oc1c(C(c3ccccc3)c3ccc4c(c3)c3cccc5c6cc7c(cc6n4c35)c3cccc4c5cc(C(c6ccccc6)c6cccc8c6oc6c(-c9ccccc9C)cccc68)ccc5n7c43)cccc12. The molecule has 19 aromatic rings. The van der Waals surface area contributed by atoms with Gasteiger partial charge < -0.3 is 17.6 Å². The minimum atomic E-state index is -0.0821. The molecule has 0 amide bonds. The van der Waals surface area contributed by atoms with Gasteiger partial charge in [0.2, 0.25) is 0 Å². The second kappa shape index (κ2) is 17.8. The topological polar surface area (TPSA) is 35.1 Å². The van der Waals surface area contributed by atoms with Crippen LogP contribution in [0.5, 0.6) is 0 Å². The molecule has 0 bridgehead atoms. The first-order valence-corrected chi connectivity index (χ1v) is 30.0. The van der Waals surface area contributed by atoms with E-state index < -0.39 is 0 Å². The molecular weight excluding hydrogens is 1040 g/mol. The zero-order chi connectivity index (χ0) is 56.5. The standard InChI is InChI=1S/C82H52N2O2/c1-47-19-9-11-25-53(47)59-31-15-33-61-63-35-17-37-65(81(63)85-79(59)61)75(49-21-5-3-6-22-49)51-39-41-71-67(43-51)55-27-13-29-57-69-46-74-70(45-73(69)83(71)77(55)57)58-30-14-28-56-68-44-52(40-42-72(68)84(74)78(56)58)76(50-23-7-4-8-24-50)66-38-18-36-64-62-34-16-32-60(80(62)86-82(64)66)54-26-12-10-20-48(54)2/h3-46,75-76H,1-2H3. The summed E-state index contributed by atoms with van der Waals surface area (Å²) in [6.07, 6.45) is 0. The average Bonchev–Trinajstić information content (AvgIpc) is 1.57. The van der Waals surface area contributed by atoms with Crippen LogP contribution in [0.4, 0.5) is 0 Å². The van der Waals surface area contributed by atoms with Crippen LogP contribution in [-0.2, 0) is 0 Å². The highest BCUT2D eigenvalue weighted by Gasteiger charge is 2.29. The predicted octanol–water partition coefficient (Wildman–Crippen LogP) is 22.1. The van der Waals surface area contributed by atoms with Crippen LogP contribution >= 0.6 is 0 Å². The first-order valence-electron chi connectivity index (χ1n) is 30.0. The second-order valence-electron chi connectivity index (χ2n) is 23.8. The number of aryl methyl sites for hydroxylation is 2. The normalized spacial score (nSPS) is 13.1. The summed E-state index contributed by atoms with van der Waals surface area (Å²) < 4.78 is 19.4. The fraction of sp³-hybridized carbons (Fsp3) is 0.0488. The minimum Gasteiger partial charge on any atom is -0.455 e. The van der Waals surface area contributed by atoms with Crippen molar-refractivity contribution in [2.24, 2.45) is 0 Å². The highest BCUT2D eigenvalue weighted by atomic mass is 16.3. The van der Waals surface area contributed by atoms with Crippen molar-refractivity contribution in [1.29, 1.82) is 0 Å². The van der Waals surface area contributed by atoms with Crippen molar-refractivity contribution in [3.05, 3.63) is 311 Å². The zero-order valence-corrected chi connectivity index (χ0v) is 47.3. The lowest BCUT2D eigenvalue weighted by Crippen LogP contribution is -2.04. The molecule has 0 radical (unpaired) electrons. The number of hydrogen-bond donors (Lipinski definition) is 0. The van der Waals surface area contributed by atoms with Crippen molar-refractivity contribution in [1.82, 2.24) is 8.80 Å². The van der Waals surface area contributed by atoms with Gasteiger partial charge in [0.1, 0.15) is 22.3 Å². The van der Waals surface area contributed by atoms with Crippen LogP contribution in [0.25, 0.3) is 142 Å². The Morgan fingerprint density at radius 3 is 1.00 bits per heavy atom. The number of rotatable bonds is 8. The molecular formula is C82H52N2O2. The second-order valence-corrected chi connectivity index (χ2v) is 23.8. The van der Waals surface area contributed by atoms with Crippen LogP contribution in [0.2, 0.25) is 0 Å². The summed E-state index contributed by atoms with van der Waals surface area (Å²) in [7, 11) is 0. The largest absolute Gasteiger partial charge is 0.455 e.